The molecule has 0 radical (unpaired) electrons. The van der Waals surface area contributed by atoms with Gasteiger partial charge in [-0.2, -0.15) is 0 Å². The number of nitrogens with two attached hydrogens (primary N) is 1. The fraction of sp³-hybridized carbons (Fsp3) is 0.650. The number of hydrogen-bond acceptors (Lipinski definition) is 4. The van der Waals surface area contributed by atoms with Gasteiger partial charge in [-0.05, 0) is 37.3 Å². The molecule has 1 aliphatic rings. The van der Waals surface area contributed by atoms with E-state index in [1.807, 2.05) is 6.92 Å². The van der Waals surface area contributed by atoms with Crippen LogP contribution in [-0.2, 0) is 10.0 Å². The topological polar surface area (TPSA) is 92.5 Å². The number of sulfonamides is 1. The largest absolute Gasteiger partial charge is 0.342 e. The summed E-state index contributed by atoms with van der Waals surface area (Å²) in [5, 5.41) is 0. The van der Waals surface area contributed by atoms with Crippen LogP contribution in [0.3, 0.4) is 0 Å². The molecule has 6 nitrogen and oxygen atoms in total. The molecule has 0 aromatic heterocycles. The minimum atomic E-state index is -3.87. The summed E-state index contributed by atoms with van der Waals surface area (Å²) in [7, 11) is -2.16. The van der Waals surface area contributed by atoms with Gasteiger partial charge >= 0.3 is 0 Å². The maximum Gasteiger partial charge on any atom is 0.254 e. The number of hydrogen-bond donors (Lipinski definition) is 2. The average Bonchev–Trinajstić information content (AvgIpc) is 2.67. The minimum Gasteiger partial charge on any atom is -0.342 e. The molecule has 3 N–H and O–H groups in total. The molecule has 1 aromatic carbocycles. The molecule has 0 aliphatic heterocycles. The third-order valence-corrected chi connectivity index (χ3v) is 7.37. The second-order valence-corrected chi connectivity index (χ2v) is 9.34. The summed E-state index contributed by atoms with van der Waals surface area (Å²) in [4.78, 5) is 14.4. The quantitative estimate of drug-likeness (QED) is 0.708. The van der Waals surface area contributed by atoms with Crippen molar-refractivity contribution in [2.75, 3.05) is 20.1 Å². The van der Waals surface area contributed by atoms with Crippen LogP contribution in [0.15, 0.2) is 29.2 Å². The van der Waals surface area contributed by atoms with Gasteiger partial charge in [0.1, 0.15) is 0 Å². The molecule has 2 rings (SSSR count). The Morgan fingerprint density at radius 3 is 2.67 bits per heavy atom. The third-order valence-electron chi connectivity index (χ3n) is 5.76. The average molecular weight is 396 g/mol. The molecule has 152 valence electrons. The zero-order chi connectivity index (χ0) is 20.1. The van der Waals surface area contributed by atoms with Crippen molar-refractivity contribution < 1.29 is 13.2 Å². The second-order valence-electron chi connectivity index (χ2n) is 7.69. The van der Waals surface area contributed by atoms with Crippen LogP contribution in [0.4, 0.5) is 0 Å². The van der Waals surface area contributed by atoms with Crippen LogP contribution in [0.1, 0.15) is 62.7 Å². The standard InChI is InChI=1S/C20H33N3O3S/c1-4-5-14-23(3)19(24)17-11-6-7-12-18(17)27(25,26)22-20(15-21)13-9-8-10-16(20)2/h6-7,11-12,16,22H,4-5,8-10,13-15,21H2,1-3H3. The lowest BCUT2D eigenvalue weighted by Crippen LogP contribution is -2.59. The molecule has 1 amide bonds. The van der Waals surface area contributed by atoms with Crippen LogP contribution in [0.25, 0.3) is 0 Å². The van der Waals surface area contributed by atoms with E-state index in [0.29, 0.717) is 6.54 Å². The predicted octanol–water partition coefficient (Wildman–Crippen LogP) is 2.74. The Kier molecular flexibility index (Phi) is 7.42. The summed E-state index contributed by atoms with van der Waals surface area (Å²) in [6.45, 7) is 4.95. The van der Waals surface area contributed by atoms with E-state index in [1.54, 1.807) is 30.1 Å². The van der Waals surface area contributed by atoms with E-state index >= 15 is 0 Å². The lowest BCUT2D eigenvalue weighted by Gasteiger charge is -2.42. The third kappa shape index (κ3) is 4.89. The first kappa shape index (κ1) is 21.9. The highest BCUT2D eigenvalue weighted by Crippen LogP contribution is 2.34. The van der Waals surface area contributed by atoms with Crippen molar-refractivity contribution >= 4 is 15.9 Å². The van der Waals surface area contributed by atoms with Crippen molar-refractivity contribution in [2.45, 2.75) is 62.8 Å². The normalized spacial score (nSPS) is 23.2. The van der Waals surface area contributed by atoms with Crippen LogP contribution in [-0.4, -0.2) is 44.9 Å². The Morgan fingerprint density at radius 2 is 2.04 bits per heavy atom. The molecular weight excluding hydrogens is 362 g/mol. The first-order valence-electron chi connectivity index (χ1n) is 9.86. The SMILES string of the molecule is CCCCN(C)C(=O)c1ccccc1S(=O)(=O)NC1(CN)CCCCC1C. The highest BCUT2D eigenvalue weighted by Gasteiger charge is 2.41. The van der Waals surface area contributed by atoms with E-state index in [9.17, 15) is 13.2 Å². The van der Waals surface area contributed by atoms with Gasteiger partial charge in [0.2, 0.25) is 10.0 Å². The van der Waals surface area contributed by atoms with Crippen molar-refractivity contribution in [2.24, 2.45) is 11.7 Å². The second kappa shape index (κ2) is 9.17. The number of unbranched alkanes of at least 4 members (excludes halogenated alkanes) is 1. The molecule has 0 saturated heterocycles. The Labute approximate surface area is 163 Å². The molecule has 1 fully saturated rings. The van der Waals surface area contributed by atoms with Crippen LogP contribution >= 0.6 is 0 Å². The number of carbonyl (C=O) groups is 1. The van der Waals surface area contributed by atoms with Gasteiger partial charge in [0.05, 0.1) is 10.5 Å². The maximum absolute atomic E-state index is 13.2. The highest BCUT2D eigenvalue weighted by atomic mass is 32.2. The lowest BCUT2D eigenvalue weighted by molar-refractivity contribution is 0.0789. The molecule has 0 heterocycles. The van der Waals surface area contributed by atoms with Crippen molar-refractivity contribution in [1.82, 2.24) is 9.62 Å². The number of rotatable bonds is 8. The summed E-state index contributed by atoms with van der Waals surface area (Å²) in [5.74, 6) is -0.121. The molecule has 1 saturated carbocycles. The molecule has 2 atom stereocenters. The Balaban J connectivity index is 2.35. The summed E-state index contributed by atoms with van der Waals surface area (Å²) in [5.41, 5.74) is 5.57. The van der Waals surface area contributed by atoms with E-state index in [1.165, 1.54) is 6.07 Å². The van der Waals surface area contributed by atoms with E-state index in [4.69, 9.17) is 5.73 Å². The Morgan fingerprint density at radius 1 is 1.33 bits per heavy atom. The lowest BCUT2D eigenvalue weighted by atomic mass is 9.74. The van der Waals surface area contributed by atoms with Crippen LogP contribution in [0.2, 0.25) is 0 Å². The van der Waals surface area contributed by atoms with Gasteiger partial charge in [-0.3, -0.25) is 4.79 Å². The molecule has 2 unspecified atom stereocenters. The summed E-state index contributed by atoms with van der Waals surface area (Å²) in [6, 6.07) is 6.43. The van der Waals surface area contributed by atoms with Crippen LogP contribution in [0, 0.1) is 5.92 Å². The Bertz CT molecular complexity index is 751. The summed E-state index contributed by atoms with van der Waals surface area (Å²) < 4.78 is 29.3. The summed E-state index contributed by atoms with van der Waals surface area (Å²) in [6.07, 6.45) is 5.54. The number of nitrogens with one attached hydrogen (secondary N) is 1. The maximum atomic E-state index is 13.2. The van der Waals surface area contributed by atoms with Gasteiger partial charge in [-0.1, -0.05) is 45.2 Å². The van der Waals surface area contributed by atoms with E-state index < -0.39 is 15.6 Å². The minimum absolute atomic E-state index is 0.0314. The number of carbonyl (C=O) groups excluding carboxylic acids is 1. The summed E-state index contributed by atoms with van der Waals surface area (Å²) >= 11 is 0. The number of benzene rings is 1. The zero-order valence-corrected chi connectivity index (χ0v) is 17.5. The van der Waals surface area contributed by atoms with Crippen LogP contribution < -0.4 is 10.5 Å². The molecule has 1 aliphatic carbocycles. The van der Waals surface area contributed by atoms with Gasteiger partial charge in [0.15, 0.2) is 0 Å². The number of amides is 1. The smallest absolute Gasteiger partial charge is 0.254 e. The molecule has 27 heavy (non-hydrogen) atoms. The predicted molar refractivity (Wildman–Crippen MR) is 108 cm³/mol. The molecule has 7 heteroatoms. The number of nitrogens with zero attached hydrogens (tertiary/aromatic N) is 1. The molecular formula is C20H33N3O3S. The van der Waals surface area contributed by atoms with Crippen molar-refractivity contribution in [1.29, 1.82) is 0 Å². The Hall–Kier alpha value is -1.44. The van der Waals surface area contributed by atoms with E-state index in [2.05, 4.69) is 11.6 Å². The van der Waals surface area contributed by atoms with Gasteiger partial charge in [-0.25, -0.2) is 13.1 Å². The van der Waals surface area contributed by atoms with E-state index in [-0.39, 0.29) is 28.8 Å². The van der Waals surface area contributed by atoms with Gasteiger partial charge < -0.3 is 10.6 Å². The zero-order valence-electron chi connectivity index (χ0n) is 16.7. The van der Waals surface area contributed by atoms with Crippen molar-refractivity contribution in [3.63, 3.8) is 0 Å². The van der Waals surface area contributed by atoms with Gasteiger partial charge in [-0.15, -0.1) is 0 Å². The van der Waals surface area contributed by atoms with Crippen LogP contribution in [0.5, 0.6) is 0 Å². The van der Waals surface area contributed by atoms with E-state index in [0.717, 1.165) is 38.5 Å². The van der Waals surface area contributed by atoms with Gasteiger partial charge in [0.25, 0.3) is 5.91 Å². The first-order valence-corrected chi connectivity index (χ1v) is 11.3. The molecule has 1 aromatic rings. The first-order chi connectivity index (χ1) is 12.8. The van der Waals surface area contributed by atoms with Crippen molar-refractivity contribution in [3.05, 3.63) is 29.8 Å². The highest BCUT2D eigenvalue weighted by molar-refractivity contribution is 7.89. The fourth-order valence-corrected chi connectivity index (χ4v) is 5.55. The molecule has 0 spiro atoms. The van der Waals surface area contributed by atoms with Gasteiger partial charge in [0, 0.05) is 25.7 Å². The monoisotopic (exact) mass is 395 g/mol. The fourth-order valence-electron chi connectivity index (χ4n) is 3.81. The van der Waals surface area contributed by atoms with Crippen molar-refractivity contribution in [3.8, 4) is 0 Å². The molecule has 0 bridgehead atoms.